The normalized spacial score (nSPS) is 12.5. The molecule has 2 rings (SSSR count). The van der Waals surface area contributed by atoms with Gasteiger partial charge in [0.25, 0.3) is 5.78 Å². The Kier molecular flexibility index (Phi) is 4.19. The Morgan fingerprint density at radius 1 is 1.17 bits per heavy atom. The summed E-state index contributed by atoms with van der Waals surface area (Å²) in [5.74, 6) is -2.04. The molecule has 0 atom stereocenters. The predicted octanol–water partition coefficient (Wildman–Crippen LogP) is 4.82. The number of ether oxygens (including phenoxy) is 1. The van der Waals surface area contributed by atoms with Crippen LogP contribution in [0.4, 0.5) is 18.0 Å². The van der Waals surface area contributed by atoms with Gasteiger partial charge in [-0.1, -0.05) is 17.7 Å². The van der Waals surface area contributed by atoms with E-state index in [-0.39, 0.29) is 15.9 Å². The molecule has 0 spiro atoms. The standard InChI is InChI=1S/C15H13ClF3NO3/c1-14(2,3)23-13(22)20-7-10(12(21)15(17,18)19)9-5-4-8(16)6-11(9)20/h4-7H,1-3H3. The van der Waals surface area contributed by atoms with Gasteiger partial charge in [-0.15, -0.1) is 0 Å². The number of aromatic nitrogens is 1. The Labute approximate surface area is 134 Å². The van der Waals surface area contributed by atoms with Crippen LogP contribution >= 0.6 is 11.6 Å². The second kappa shape index (κ2) is 5.56. The smallest absolute Gasteiger partial charge is 0.443 e. The molecule has 124 valence electrons. The second-order valence-electron chi connectivity index (χ2n) is 5.88. The SMILES string of the molecule is CC(C)(C)OC(=O)n1cc(C(=O)C(F)(F)F)c2ccc(Cl)cc21. The molecule has 0 radical (unpaired) electrons. The van der Waals surface area contributed by atoms with Crippen molar-refractivity contribution in [1.82, 2.24) is 4.57 Å². The Morgan fingerprint density at radius 3 is 2.30 bits per heavy atom. The number of carbonyl (C=O) groups is 2. The zero-order valence-electron chi connectivity index (χ0n) is 12.5. The fourth-order valence-electron chi connectivity index (χ4n) is 2.00. The third kappa shape index (κ3) is 3.67. The largest absolute Gasteiger partial charge is 0.454 e. The van der Waals surface area contributed by atoms with E-state index in [0.29, 0.717) is 0 Å². The van der Waals surface area contributed by atoms with E-state index in [2.05, 4.69) is 0 Å². The molecule has 0 saturated heterocycles. The van der Waals surface area contributed by atoms with Gasteiger partial charge in [0.15, 0.2) is 0 Å². The van der Waals surface area contributed by atoms with Crippen LogP contribution in [-0.2, 0) is 4.74 Å². The first-order valence-corrected chi connectivity index (χ1v) is 6.93. The van der Waals surface area contributed by atoms with Crippen molar-refractivity contribution in [1.29, 1.82) is 0 Å². The molecule has 0 aliphatic carbocycles. The van der Waals surface area contributed by atoms with Gasteiger partial charge in [-0.2, -0.15) is 13.2 Å². The maximum Gasteiger partial charge on any atom is 0.454 e. The highest BCUT2D eigenvalue weighted by atomic mass is 35.5. The third-order valence-corrected chi connectivity index (χ3v) is 3.10. The number of carbonyl (C=O) groups excluding carboxylic acids is 2. The zero-order chi connectivity index (χ0) is 17.6. The molecular weight excluding hydrogens is 335 g/mol. The first-order chi connectivity index (χ1) is 10.4. The van der Waals surface area contributed by atoms with Crippen LogP contribution in [-0.4, -0.2) is 28.2 Å². The average Bonchev–Trinajstić information content (AvgIpc) is 2.73. The highest BCUT2D eigenvalue weighted by Gasteiger charge is 2.41. The molecule has 0 aliphatic heterocycles. The van der Waals surface area contributed by atoms with Crippen LogP contribution in [0.25, 0.3) is 10.9 Å². The number of benzene rings is 1. The summed E-state index contributed by atoms with van der Waals surface area (Å²) in [5, 5.41) is 0.189. The topological polar surface area (TPSA) is 48.3 Å². The van der Waals surface area contributed by atoms with Crippen molar-refractivity contribution in [3.05, 3.63) is 35.0 Å². The lowest BCUT2D eigenvalue weighted by atomic mass is 10.1. The van der Waals surface area contributed by atoms with Gasteiger partial charge < -0.3 is 4.74 Å². The van der Waals surface area contributed by atoms with Crippen molar-refractivity contribution in [2.45, 2.75) is 32.5 Å². The van der Waals surface area contributed by atoms with Gasteiger partial charge in [-0.3, -0.25) is 9.36 Å². The van der Waals surface area contributed by atoms with Crippen LogP contribution in [0.2, 0.25) is 5.02 Å². The first-order valence-electron chi connectivity index (χ1n) is 6.55. The number of hydrogen-bond donors (Lipinski definition) is 0. The van der Waals surface area contributed by atoms with Crippen molar-refractivity contribution < 1.29 is 27.5 Å². The number of Topliss-reactive ketones (excluding diaryl/α,β-unsaturated/α-hetero) is 1. The summed E-state index contributed by atoms with van der Waals surface area (Å²) in [6, 6.07) is 3.90. The van der Waals surface area contributed by atoms with Crippen molar-refractivity contribution in [3.8, 4) is 0 Å². The molecule has 1 aromatic carbocycles. The number of halogens is 4. The van der Waals surface area contributed by atoms with E-state index in [1.165, 1.54) is 18.2 Å². The van der Waals surface area contributed by atoms with Gasteiger partial charge in [-0.05, 0) is 32.9 Å². The monoisotopic (exact) mass is 347 g/mol. The Hall–Kier alpha value is -2.02. The molecule has 2 aromatic rings. The zero-order valence-corrected chi connectivity index (χ0v) is 13.2. The van der Waals surface area contributed by atoms with E-state index in [1.54, 1.807) is 20.8 Å². The molecule has 0 unspecified atom stereocenters. The van der Waals surface area contributed by atoms with E-state index >= 15 is 0 Å². The van der Waals surface area contributed by atoms with E-state index < -0.39 is 29.2 Å². The van der Waals surface area contributed by atoms with Crippen LogP contribution in [0.15, 0.2) is 24.4 Å². The molecule has 23 heavy (non-hydrogen) atoms. The van der Waals surface area contributed by atoms with Crippen molar-refractivity contribution in [2.75, 3.05) is 0 Å². The summed E-state index contributed by atoms with van der Waals surface area (Å²) in [4.78, 5) is 23.7. The van der Waals surface area contributed by atoms with Crippen molar-refractivity contribution in [2.24, 2.45) is 0 Å². The first kappa shape index (κ1) is 17.3. The minimum atomic E-state index is -5.05. The summed E-state index contributed by atoms with van der Waals surface area (Å²) in [6.07, 6.45) is -5.12. The fourth-order valence-corrected chi connectivity index (χ4v) is 2.16. The summed E-state index contributed by atoms with van der Waals surface area (Å²) in [5.41, 5.74) is -1.41. The van der Waals surface area contributed by atoms with Gasteiger partial charge in [0.2, 0.25) is 0 Å². The Balaban J connectivity index is 2.64. The highest BCUT2D eigenvalue weighted by molar-refractivity contribution is 6.31. The highest BCUT2D eigenvalue weighted by Crippen LogP contribution is 2.30. The van der Waals surface area contributed by atoms with Crippen LogP contribution in [0.5, 0.6) is 0 Å². The van der Waals surface area contributed by atoms with Crippen molar-refractivity contribution >= 4 is 34.4 Å². The molecule has 4 nitrogen and oxygen atoms in total. The van der Waals surface area contributed by atoms with E-state index in [1.807, 2.05) is 0 Å². The van der Waals surface area contributed by atoms with Gasteiger partial charge in [0, 0.05) is 16.6 Å². The minimum absolute atomic E-state index is 0.0254. The van der Waals surface area contributed by atoms with Crippen molar-refractivity contribution in [3.63, 3.8) is 0 Å². The lowest BCUT2D eigenvalue weighted by Gasteiger charge is -2.19. The van der Waals surface area contributed by atoms with Gasteiger partial charge >= 0.3 is 12.3 Å². The number of rotatable bonds is 1. The average molecular weight is 348 g/mol. The minimum Gasteiger partial charge on any atom is -0.443 e. The number of fused-ring (bicyclic) bond motifs is 1. The maximum absolute atomic E-state index is 12.7. The molecular formula is C15H13ClF3NO3. The maximum atomic E-state index is 12.7. The second-order valence-corrected chi connectivity index (χ2v) is 6.32. The summed E-state index contributed by atoms with van der Waals surface area (Å²) in [6.45, 7) is 4.85. The van der Waals surface area contributed by atoms with Crippen LogP contribution in [0, 0.1) is 0 Å². The lowest BCUT2D eigenvalue weighted by Crippen LogP contribution is -2.27. The molecule has 0 saturated carbocycles. The summed E-state index contributed by atoms with van der Waals surface area (Å²) < 4.78 is 44.2. The molecule has 1 aromatic heterocycles. The summed E-state index contributed by atoms with van der Waals surface area (Å²) in [7, 11) is 0. The van der Waals surface area contributed by atoms with Crippen LogP contribution in [0.3, 0.4) is 0 Å². The number of hydrogen-bond acceptors (Lipinski definition) is 3. The lowest BCUT2D eigenvalue weighted by molar-refractivity contribution is -0.0884. The van der Waals surface area contributed by atoms with Gasteiger partial charge in [0.1, 0.15) is 5.60 Å². The molecule has 8 heteroatoms. The summed E-state index contributed by atoms with van der Waals surface area (Å²) >= 11 is 5.83. The fraction of sp³-hybridized carbons (Fsp3) is 0.333. The van der Waals surface area contributed by atoms with Crippen LogP contribution < -0.4 is 0 Å². The molecule has 0 bridgehead atoms. The number of nitrogens with zero attached hydrogens (tertiary/aromatic N) is 1. The van der Waals surface area contributed by atoms with E-state index in [0.717, 1.165) is 10.8 Å². The van der Waals surface area contributed by atoms with Gasteiger partial charge in [0.05, 0.1) is 11.1 Å². The number of alkyl halides is 3. The third-order valence-electron chi connectivity index (χ3n) is 2.86. The Bertz CT molecular complexity index is 788. The molecule has 1 heterocycles. The molecule has 0 amide bonds. The van der Waals surface area contributed by atoms with E-state index in [4.69, 9.17) is 16.3 Å². The van der Waals surface area contributed by atoms with Gasteiger partial charge in [-0.25, -0.2) is 4.79 Å². The Morgan fingerprint density at radius 2 is 1.78 bits per heavy atom. The quantitative estimate of drug-likeness (QED) is 0.695. The molecule has 0 N–H and O–H groups in total. The van der Waals surface area contributed by atoms with Crippen LogP contribution in [0.1, 0.15) is 31.1 Å². The molecule has 0 aliphatic rings. The van der Waals surface area contributed by atoms with E-state index in [9.17, 15) is 22.8 Å². The molecule has 0 fully saturated rings. The predicted molar refractivity (Wildman–Crippen MR) is 79.0 cm³/mol. The number of ketones is 1.